The van der Waals surface area contributed by atoms with E-state index in [0.717, 1.165) is 17.7 Å². The third-order valence-corrected chi connectivity index (χ3v) is 12.0. The molecule has 0 aliphatic heterocycles. The molecule has 2 heterocycles. The molecule has 2 amide bonds. The van der Waals surface area contributed by atoms with E-state index in [9.17, 15) is 45.5 Å². The molecule has 440 valence electrons. The van der Waals surface area contributed by atoms with E-state index in [1.165, 1.54) is 45.8 Å². The van der Waals surface area contributed by atoms with Gasteiger partial charge in [0, 0.05) is 67.6 Å². The minimum atomic E-state index is -4.82. The minimum Gasteiger partial charge on any atom is -0.481 e. The Bertz CT molecular complexity index is 3560. The lowest BCUT2D eigenvalue weighted by molar-refractivity contribution is -0.275. The summed E-state index contributed by atoms with van der Waals surface area (Å²) in [7, 11) is 0. The number of rotatable bonds is 20. The van der Waals surface area contributed by atoms with Gasteiger partial charge in [-0.1, -0.05) is 70.7 Å². The van der Waals surface area contributed by atoms with Crippen LogP contribution in [0.25, 0.3) is 33.9 Å². The lowest BCUT2D eigenvalue weighted by Gasteiger charge is -2.19. The van der Waals surface area contributed by atoms with E-state index in [-0.39, 0.29) is 68.3 Å². The Morgan fingerprint density at radius 1 is 0.512 bits per heavy atom. The van der Waals surface area contributed by atoms with Crippen LogP contribution >= 0.6 is 46.4 Å². The van der Waals surface area contributed by atoms with E-state index in [1.54, 1.807) is 118 Å². The summed E-state index contributed by atoms with van der Waals surface area (Å²) in [5, 5.41) is 24.6. The van der Waals surface area contributed by atoms with Crippen LogP contribution in [0.2, 0.25) is 20.1 Å². The van der Waals surface area contributed by atoms with Crippen LogP contribution in [0.15, 0.2) is 146 Å². The summed E-state index contributed by atoms with van der Waals surface area (Å²) in [6, 6.07) is 36.5. The van der Waals surface area contributed by atoms with E-state index in [4.69, 9.17) is 65.7 Å². The van der Waals surface area contributed by atoms with Crippen molar-refractivity contribution in [2.24, 2.45) is 0 Å². The van der Waals surface area contributed by atoms with Crippen molar-refractivity contribution in [3.05, 3.63) is 188 Å². The first-order valence-electron chi connectivity index (χ1n) is 24.9. The van der Waals surface area contributed by atoms with Crippen molar-refractivity contribution in [2.75, 3.05) is 13.1 Å². The Kier molecular flexibility index (Phi) is 20.9. The molecule has 8 aromatic rings. The number of carboxylic acids is 1. The fourth-order valence-electron chi connectivity index (χ4n) is 7.54. The topological polar surface area (TPSA) is 194 Å². The number of hydrogen-bond donors (Lipinski definition) is 3. The zero-order valence-corrected chi connectivity index (χ0v) is 47.3. The van der Waals surface area contributed by atoms with Crippen LogP contribution in [-0.4, -0.2) is 79.8 Å². The molecule has 0 fully saturated rings. The summed E-state index contributed by atoms with van der Waals surface area (Å²) >= 11 is 24.6. The normalized spacial score (nSPS) is 11.4. The van der Waals surface area contributed by atoms with E-state index in [2.05, 4.69) is 30.3 Å². The highest BCUT2D eigenvalue weighted by Crippen LogP contribution is 2.34. The molecule has 26 heteroatoms. The number of nitrogens with zero attached hydrogens (tertiary/aromatic N) is 4. The van der Waals surface area contributed by atoms with Crippen LogP contribution in [0.1, 0.15) is 65.5 Å². The molecule has 0 aliphatic rings. The van der Waals surface area contributed by atoms with Gasteiger partial charge in [0.2, 0.25) is 11.8 Å². The third-order valence-electron chi connectivity index (χ3n) is 11.2. The molecule has 0 radical (unpaired) electrons. The van der Waals surface area contributed by atoms with Crippen molar-refractivity contribution < 1.29 is 74.3 Å². The molecule has 0 unspecified atom stereocenters. The molecule has 8 rings (SSSR count). The van der Waals surface area contributed by atoms with Gasteiger partial charge in [-0.25, -0.2) is 9.36 Å². The van der Waals surface area contributed by atoms with Gasteiger partial charge in [0.25, 0.3) is 11.8 Å². The van der Waals surface area contributed by atoms with Crippen LogP contribution in [-0.2, 0) is 27.5 Å². The third kappa shape index (κ3) is 19.6. The van der Waals surface area contributed by atoms with E-state index >= 15 is 0 Å². The average Bonchev–Trinajstić information content (AvgIpc) is 2.93. The van der Waals surface area contributed by atoms with Gasteiger partial charge in [-0.15, -0.1) is 26.3 Å². The number of amides is 2. The van der Waals surface area contributed by atoms with Crippen LogP contribution in [0, 0.1) is 0 Å². The van der Waals surface area contributed by atoms with Crippen LogP contribution < -0.4 is 29.6 Å². The maximum absolute atomic E-state index is 12.6. The molecule has 0 spiro atoms. The molecule has 0 atom stereocenters. The first-order valence-corrected chi connectivity index (χ1v) is 26.4. The number of carbonyl (C=O) groups is 4. The number of halogens is 10. The molecular formula is C58H48Cl4F6N6O10. The Morgan fingerprint density at radius 3 is 1.20 bits per heavy atom. The number of carbonyl (C=O) groups excluding carboxylic acids is 3. The molecule has 0 aliphatic carbocycles. The summed E-state index contributed by atoms with van der Waals surface area (Å²) in [6.45, 7) is 5.59. The van der Waals surface area contributed by atoms with E-state index < -0.39 is 36.2 Å². The Hall–Kier alpha value is -8.44. The molecule has 0 saturated heterocycles. The van der Waals surface area contributed by atoms with Gasteiger partial charge in [-0.05, 0) is 141 Å². The SMILES string of the molecule is CC(C)(C)OC(=O)CCNC(=O)c1ccc(COc2cc(-c3cc(Cl)cc(Cl)c3)nn2-c2ccc(OC(F)(F)F)cc2)cc1.O=C(O)CCNC(=O)c1ccc(COc2cc(-c3cc(Cl)cc(Cl)c3)nn2-c2ccc(OC(F)(F)F)cc2)cc1. The number of hydrogen-bond acceptors (Lipinski definition) is 11. The number of aromatic nitrogens is 4. The molecule has 3 N–H and O–H groups in total. The lowest BCUT2D eigenvalue weighted by atomic mass is 10.1. The highest BCUT2D eigenvalue weighted by molar-refractivity contribution is 6.35. The number of nitrogens with one attached hydrogen (secondary N) is 2. The van der Waals surface area contributed by atoms with Crippen molar-refractivity contribution >= 4 is 70.2 Å². The van der Waals surface area contributed by atoms with Crippen molar-refractivity contribution in [3.63, 3.8) is 0 Å². The van der Waals surface area contributed by atoms with Crippen molar-refractivity contribution in [1.82, 2.24) is 30.2 Å². The molecule has 0 bridgehead atoms. The first-order chi connectivity index (χ1) is 39.6. The largest absolute Gasteiger partial charge is 0.573 e. The second-order valence-electron chi connectivity index (χ2n) is 18.9. The zero-order chi connectivity index (χ0) is 60.9. The number of aliphatic carboxylic acids is 1. The number of esters is 1. The van der Waals surface area contributed by atoms with Gasteiger partial charge in [0.15, 0.2) is 0 Å². The number of carboxylic acid groups (broad SMARTS) is 1. The van der Waals surface area contributed by atoms with Gasteiger partial charge in [0.1, 0.15) is 30.3 Å². The second-order valence-corrected chi connectivity index (χ2v) is 20.7. The average molecular weight is 1240 g/mol. The Labute approximate surface area is 495 Å². The van der Waals surface area contributed by atoms with Gasteiger partial charge in [0.05, 0.1) is 35.6 Å². The highest BCUT2D eigenvalue weighted by Gasteiger charge is 2.32. The molecule has 0 saturated carbocycles. The highest BCUT2D eigenvalue weighted by atomic mass is 35.5. The quantitative estimate of drug-likeness (QED) is 0.0483. The fourth-order valence-corrected chi connectivity index (χ4v) is 8.60. The molecular weight excluding hydrogens is 1200 g/mol. The summed E-state index contributed by atoms with van der Waals surface area (Å²) in [5.41, 5.74) is 4.48. The number of alkyl halides is 6. The Balaban J connectivity index is 0.000000242. The van der Waals surface area contributed by atoms with Crippen molar-refractivity contribution in [1.29, 1.82) is 0 Å². The minimum absolute atomic E-state index is 0.00645. The van der Waals surface area contributed by atoms with Crippen LogP contribution in [0.3, 0.4) is 0 Å². The monoisotopic (exact) mass is 1240 g/mol. The maximum atomic E-state index is 12.6. The smallest absolute Gasteiger partial charge is 0.481 e. The number of ether oxygens (including phenoxy) is 5. The zero-order valence-electron chi connectivity index (χ0n) is 44.3. The van der Waals surface area contributed by atoms with Gasteiger partial charge in [-0.2, -0.15) is 10.2 Å². The van der Waals surface area contributed by atoms with Crippen LogP contribution in [0.4, 0.5) is 26.3 Å². The second kappa shape index (κ2) is 27.8. The van der Waals surface area contributed by atoms with Crippen molar-refractivity contribution in [3.8, 4) is 57.1 Å². The summed E-state index contributed by atoms with van der Waals surface area (Å²) in [6.07, 6.45) is -9.79. The predicted molar refractivity (Wildman–Crippen MR) is 300 cm³/mol. The summed E-state index contributed by atoms with van der Waals surface area (Å²) in [4.78, 5) is 47.1. The van der Waals surface area contributed by atoms with E-state index in [0.29, 0.717) is 70.7 Å². The standard InChI is InChI=1S/C31H28Cl2F3N3O5.C27H20Cl2F3N3O5/c1-30(2,3)44-28(40)12-13-37-29(41)20-6-4-19(5-7-20)18-42-27-17-26(21-14-22(32)16-23(33)15-21)38-39(27)24-8-10-25(11-9-24)43-31(34,35)36;28-19-11-18(12-20(29)13-19)23-14-24(35(34-23)21-5-7-22(8-6-21)40-27(30,31)32)39-15-16-1-3-17(4-2-16)26(38)33-10-9-25(36)37/h4-11,14-17H,12-13,18H2,1-3H3,(H,37,41);1-8,11-14H,9-10,15H2,(H,33,38)(H,36,37). The summed E-state index contributed by atoms with van der Waals surface area (Å²) in [5.74, 6) is -2.39. The van der Waals surface area contributed by atoms with Crippen LogP contribution in [0.5, 0.6) is 23.3 Å². The Morgan fingerprint density at radius 2 is 0.869 bits per heavy atom. The first kappa shape index (κ1) is 63.1. The summed E-state index contributed by atoms with van der Waals surface area (Å²) < 4.78 is 104. The molecule has 16 nitrogen and oxygen atoms in total. The van der Waals surface area contributed by atoms with Gasteiger partial charge in [-0.3, -0.25) is 19.2 Å². The number of benzene rings is 6. The lowest BCUT2D eigenvalue weighted by Crippen LogP contribution is -2.29. The molecule has 2 aromatic heterocycles. The van der Waals surface area contributed by atoms with Gasteiger partial charge < -0.3 is 39.4 Å². The predicted octanol–water partition coefficient (Wildman–Crippen LogP) is 14.3. The van der Waals surface area contributed by atoms with Gasteiger partial charge >= 0.3 is 24.7 Å². The van der Waals surface area contributed by atoms with E-state index in [1.807, 2.05) is 0 Å². The van der Waals surface area contributed by atoms with Crippen molar-refractivity contribution in [2.45, 2.75) is 65.2 Å². The fraction of sp³-hybridized carbons (Fsp3) is 0.207. The molecule has 6 aromatic carbocycles. The maximum Gasteiger partial charge on any atom is 0.573 e. The molecule has 84 heavy (non-hydrogen) atoms.